The van der Waals surface area contributed by atoms with Gasteiger partial charge in [0.25, 0.3) is 20.0 Å². The predicted molar refractivity (Wildman–Crippen MR) is 143 cm³/mol. The molecule has 3 aromatic carbocycles. The quantitative estimate of drug-likeness (QED) is 0.240. The Bertz CT molecular complexity index is 1660. The molecule has 0 amide bonds. The first-order chi connectivity index (χ1) is 16.9. The highest BCUT2D eigenvalue weighted by atomic mass is 79.9. The van der Waals surface area contributed by atoms with Crippen LogP contribution in [0.5, 0.6) is 0 Å². The van der Waals surface area contributed by atoms with E-state index in [1.54, 1.807) is 31.5 Å². The molecule has 0 saturated carbocycles. The summed E-state index contributed by atoms with van der Waals surface area (Å²) < 4.78 is 72.9. The molecule has 0 unspecified atom stereocenters. The van der Waals surface area contributed by atoms with Crippen molar-refractivity contribution in [3.05, 3.63) is 99.0 Å². The summed E-state index contributed by atoms with van der Waals surface area (Å²) in [6.45, 7) is 1.57. The molecule has 0 spiro atoms. The number of benzene rings is 3. The minimum atomic E-state index is -4.17. The zero-order chi connectivity index (χ0) is 26.3. The van der Waals surface area contributed by atoms with Crippen molar-refractivity contribution in [2.75, 3.05) is 9.44 Å². The number of aromatic nitrogens is 1. The van der Waals surface area contributed by atoms with Crippen molar-refractivity contribution in [1.82, 2.24) is 4.57 Å². The van der Waals surface area contributed by atoms with Gasteiger partial charge in [-0.15, -0.1) is 0 Å². The number of hydrogen-bond donors (Lipinski definition) is 2. The number of rotatable bonds is 7. The molecule has 0 aliphatic carbocycles. The number of halogens is 4. The van der Waals surface area contributed by atoms with Crippen molar-refractivity contribution in [1.29, 1.82) is 0 Å². The van der Waals surface area contributed by atoms with Crippen LogP contribution < -0.4 is 9.44 Å². The van der Waals surface area contributed by atoms with Gasteiger partial charge in [-0.05, 0) is 89.1 Å². The summed E-state index contributed by atoms with van der Waals surface area (Å²) in [6.07, 6.45) is 3.23. The van der Waals surface area contributed by atoms with Crippen LogP contribution in [0.2, 0.25) is 10.0 Å². The summed E-state index contributed by atoms with van der Waals surface area (Å²) in [5.74, 6) is -0.527. The van der Waals surface area contributed by atoms with Crippen molar-refractivity contribution in [3.63, 3.8) is 0 Å². The minimum Gasteiger partial charge on any atom is -0.322 e. The average molecular weight is 633 g/mol. The summed E-state index contributed by atoms with van der Waals surface area (Å²) in [5, 5.41) is 0.289. The fraction of sp³-hybridized carbons (Fsp3) is 0.0435. The van der Waals surface area contributed by atoms with Gasteiger partial charge in [-0.2, -0.15) is 0 Å². The van der Waals surface area contributed by atoms with E-state index in [0.29, 0.717) is 5.56 Å². The van der Waals surface area contributed by atoms with E-state index in [2.05, 4.69) is 25.4 Å². The Morgan fingerprint density at radius 2 is 1.50 bits per heavy atom. The number of nitrogens with zero attached hydrogens (tertiary/aromatic N) is 1. The van der Waals surface area contributed by atoms with Crippen LogP contribution in [0, 0.1) is 12.7 Å². The number of anilines is 2. The van der Waals surface area contributed by atoms with Gasteiger partial charge in [0.15, 0.2) is 0 Å². The van der Waals surface area contributed by atoms with Gasteiger partial charge in [-0.25, -0.2) is 21.2 Å². The molecule has 1 aromatic heterocycles. The van der Waals surface area contributed by atoms with Crippen LogP contribution >= 0.6 is 39.1 Å². The predicted octanol–water partition coefficient (Wildman–Crippen LogP) is 6.60. The van der Waals surface area contributed by atoms with Gasteiger partial charge in [0.05, 0.1) is 26.4 Å². The molecule has 36 heavy (non-hydrogen) atoms. The van der Waals surface area contributed by atoms with E-state index in [9.17, 15) is 21.2 Å². The second-order valence-corrected chi connectivity index (χ2v) is 12.7. The van der Waals surface area contributed by atoms with Gasteiger partial charge >= 0.3 is 0 Å². The number of aryl methyl sites for hydroxylation is 1. The second-order valence-electron chi connectivity index (χ2n) is 7.67. The molecule has 0 bridgehead atoms. The van der Waals surface area contributed by atoms with E-state index in [4.69, 9.17) is 23.2 Å². The van der Waals surface area contributed by atoms with Crippen LogP contribution in [0.25, 0.3) is 5.69 Å². The molecule has 0 aliphatic rings. The summed E-state index contributed by atoms with van der Waals surface area (Å²) in [6, 6.07) is 13.8. The first-order valence-electron chi connectivity index (χ1n) is 10.1. The average Bonchev–Trinajstić information content (AvgIpc) is 3.31. The SMILES string of the molecule is Cc1cc(F)c(Br)cc1NS(=O)(=O)c1ccc(NS(=O)(=O)c2cc(Cl)cc(Cl)c2)cc1-n1cccc1. The Kier molecular flexibility index (Phi) is 7.40. The molecule has 0 radical (unpaired) electrons. The van der Waals surface area contributed by atoms with Gasteiger partial charge < -0.3 is 4.57 Å². The maximum atomic E-state index is 13.8. The number of sulfonamides is 2. The van der Waals surface area contributed by atoms with Crippen molar-refractivity contribution in [2.24, 2.45) is 0 Å². The summed E-state index contributed by atoms with van der Waals surface area (Å²) >= 11 is 14.9. The lowest BCUT2D eigenvalue weighted by Crippen LogP contribution is -2.17. The maximum absolute atomic E-state index is 13.8. The summed E-state index contributed by atoms with van der Waals surface area (Å²) in [7, 11) is -8.26. The van der Waals surface area contributed by atoms with Crippen LogP contribution in [0.4, 0.5) is 15.8 Å². The normalized spacial score (nSPS) is 11.9. The number of nitrogens with one attached hydrogen (secondary N) is 2. The highest BCUT2D eigenvalue weighted by molar-refractivity contribution is 9.10. The fourth-order valence-corrected chi connectivity index (χ4v) is 6.78. The lowest BCUT2D eigenvalue weighted by atomic mass is 10.2. The molecule has 7 nitrogen and oxygen atoms in total. The standard InChI is InChI=1S/C23H17BrCl2FN3O4S2/c1-14-8-20(27)19(24)13-21(14)29-36(33,34)23-5-4-17(12-22(23)30-6-2-3-7-30)28-35(31,32)18-10-15(25)9-16(26)11-18/h2-13,28-29H,1H3. The zero-order valence-electron chi connectivity index (χ0n) is 18.3. The summed E-state index contributed by atoms with van der Waals surface area (Å²) in [5.41, 5.74) is 0.848. The van der Waals surface area contributed by atoms with E-state index in [-0.39, 0.29) is 41.4 Å². The molecule has 4 aromatic rings. The monoisotopic (exact) mass is 631 g/mol. The van der Waals surface area contributed by atoms with Crippen molar-refractivity contribution in [3.8, 4) is 5.69 Å². The molecule has 4 rings (SSSR count). The first-order valence-corrected chi connectivity index (χ1v) is 14.6. The fourth-order valence-electron chi connectivity index (χ4n) is 3.36. The molecular weight excluding hydrogens is 616 g/mol. The van der Waals surface area contributed by atoms with Crippen molar-refractivity contribution < 1.29 is 21.2 Å². The van der Waals surface area contributed by atoms with Crippen LogP contribution in [-0.4, -0.2) is 21.4 Å². The molecular formula is C23H17BrCl2FN3O4S2. The van der Waals surface area contributed by atoms with E-state index in [1.807, 2.05) is 0 Å². The largest absolute Gasteiger partial charge is 0.322 e. The Hall–Kier alpha value is -2.57. The Balaban J connectivity index is 1.76. The van der Waals surface area contributed by atoms with Crippen molar-refractivity contribution in [2.45, 2.75) is 16.7 Å². The molecule has 0 saturated heterocycles. The second kappa shape index (κ2) is 10.1. The van der Waals surface area contributed by atoms with Gasteiger partial charge in [-0.3, -0.25) is 9.44 Å². The van der Waals surface area contributed by atoms with Crippen molar-refractivity contribution >= 4 is 70.6 Å². The third kappa shape index (κ3) is 5.70. The van der Waals surface area contributed by atoms with Gasteiger partial charge in [-0.1, -0.05) is 23.2 Å². The Morgan fingerprint density at radius 3 is 2.14 bits per heavy atom. The number of hydrogen-bond acceptors (Lipinski definition) is 4. The maximum Gasteiger partial charge on any atom is 0.263 e. The van der Waals surface area contributed by atoms with Gasteiger partial charge in [0.2, 0.25) is 0 Å². The molecule has 13 heteroatoms. The highest BCUT2D eigenvalue weighted by Gasteiger charge is 2.23. The lowest BCUT2D eigenvalue weighted by molar-refractivity contribution is 0.599. The molecule has 0 fully saturated rings. The van der Waals surface area contributed by atoms with E-state index in [0.717, 1.165) is 0 Å². The van der Waals surface area contributed by atoms with Crippen LogP contribution in [-0.2, 0) is 20.0 Å². The minimum absolute atomic E-state index is 0.0994. The topological polar surface area (TPSA) is 97.3 Å². The van der Waals surface area contributed by atoms with Gasteiger partial charge in [0, 0.05) is 22.4 Å². The molecule has 188 valence electrons. The molecule has 1 heterocycles. The molecule has 0 atom stereocenters. The lowest BCUT2D eigenvalue weighted by Gasteiger charge is -2.17. The highest BCUT2D eigenvalue weighted by Crippen LogP contribution is 2.31. The first kappa shape index (κ1) is 26.5. The molecule has 2 N–H and O–H groups in total. The zero-order valence-corrected chi connectivity index (χ0v) is 23.1. The summed E-state index contributed by atoms with van der Waals surface area (Å²) in [4.78, 5) is -0.287. The van der Waals surface area contributed by atoms with E-state index in [1.165, 1.54) is 53.1 Å². The van der Waals surface area contributed by atoms with Crippen LogP contribution in [0.1, 0.15) is 5.56 Å². The van der Waals surface area contributed by atoms with E-state index < -0.39 is 25.9 Å². The van der Waals surface area contributed by atoms with Crippen LogP contribution in [0.3, 0.4) is 0 Å². The van der Waals surface area contributed by atoms with Crippen LogP contribution in [0.15, 0.2) is 87.3 Å². The van der Waals surface area contributed by atoms with E-state index >= 15 is 0 Å². The Morgan fingerprint density at radius 1 is 0.861 bits per heavy atom. The Labute approximate surface area is 226 Å². The van der Waals surface area contributed by atoms with Gasteiger partial charge in [0.1, 0.15) is 10.7 Å². The third-order valence-electron chi connectivity index (χ3n) is 5.04. The smallest absolute Gasteiger partial charge is 0.263 e. The molecule has 0 aliphatic heterocycles. The third-order valence-corrected chi connectivity index (χ3v) is 8.86.